The first-order chi connectivity index (χ1) is 14.2. The number of ether oxygens (including phenoxy) is 2. The summed E-state index contributed by atoms with van der Waals surface area (Å²) < 4.78 is 65.5. The summed E-state index contributed by atoms with van der Waals surface area (Å²) in [4.78, 5) is 34.2. The molecule has 31 heavy (non-hydrogen) atoms. The molecule has 2 N–H and O–H groups in total. The first-order valence-electron chi connectivity index (χ1n) is 7.74. The van der Waals surface area contributed by atoms with E-state index in [1.165, 1.54) is 12.1 Å². The van der Waals surface area contributed by atoms with Gasteiger partial charge in [-0.25, -0.2) is 9.59 Å². The average molecular weight is 573 g/mol. The molecule has 0 fully saturated rings. The number of halogens is 3. The number of benzene rings is 2. The van der Waals surface area contributed by atoms with Crippen molar-refractivity contribution >= 4 is 50.3 Å². The molecule has 0 radical (unpaired) electrons. The minimum absolute atomic E-state index is 0.104. The van der Waals surface area contributed by atoms with Crippen LogP contribution in [0.5, 0.6) is 11.5 Å². The number of carbonyl (C=O) groups is 2. The van der Waals surface area contributed by atoms with Crippen molar-refractivity contribution in [3.05, 3.63) is 61.2 Å². The quantitative estimate of drug-likeness (QED) is 0.125. The van der Waals surface area contributed by atoms with Crippen LogP contribution >= 0.6 is 22.6 Å². The summed E-state index contributed by atoms with van der Waals surface area (Å²) in [7, 11) is -5.90. The summed E-state index contributed by atoms with van der Waals surface area (Å²) in [5.41, 5.74) is -1.94. The molecular weight excluding hydrogens is 563 g/mol. The van der Waals surface area contributed by atoms with Crippen molar-refractivity contribution in [1.82, 2.24) is 0 Å². The van der Waals surface area contributed by atoms with Gasteiger partial charge in [0.1, 0.15) is 17.1 Å². The van der Waals surface area contributed by atoms with Crippen LogP contribution in [0.2, 0.25) is 0 Å². The molecule has 0 unspecified atom stereocenters. The third kappa shape index (κ3) is 5.82. The van der Waals surface area contributed by atoms with E-state index in [1.54, 1.807) is 22.6 Å². The highest BCUT2D eigenvalue weighted by molar-refractivity contribution is 14.1. The fourth-order valence-corrected chi connectivity index (χ4v) is 2.55. The molecular formula is C16H10F2INO10S. The van der Waals surface area contributed by atoms with Gasteiger partial charge in [-0.1, -0.05) is 0 Å². The van der Waals surface area contributed by atoms with E-state index >= 15 is 0 Å². The molecule has 2 aromatic carbocycles. The highest BCUT2D eigenvalue weighted by Gasteiger charge is 2.46. The number of phenols is 1. The molecule has 0 aliphatic carbocycles. The number of aromatic hydroxyl groups is 1. The normalized spacial score (nSPS) is 11.6. The van der Waals surface area contributed by atoms with Crippen LogP contribution in [0.3, 0.4) is 0 Å². The molecule has 0 bridgehead atoms. The average Bonchev–Trinajstić information content (AvgIpc) is 2.67. The van der Waals surface area contributed by atoms with E-state index in [4.69, 9.17) is 9.29 Å². The van der Waals surface area contributed by atoms with Gasteiger partial charge >= 0.3 is 27.3 Å². The second-order valence-corrected chi connectivity index (χ2v) is 8.39. The van der Waals surface area contributed by atoms with Crippen LogP contribution in [0.25, 0.3) is 0 Å². The molecule has 2 rings (SSSR count). The van der Waals surface area contributed by atoms with Crippen molar-refractivity contribution in [2.75, 3.05) is 6.61 Å². The fraction of sp³-hybridized carbons (Fsp3) is 0.125. The van der Waals surface area contributed by atoms with E-state index in [-0.39, 0.29) is 11.3 Å². The lowest BCUT2D eigenvalue weighted by molar-refractivity contribution is -0.385. The van der Waals surface area contributed by atoms with Gasteiger partial charge in [0.2, 0.25) is 0 Å². The van der Waals surface area contributed by atoms with Crippen LogP contribution in [-0.2, 0) is 14.9 Å². The number of esters is 2. The van der Waals surface area contributed by atoms with Gasteiger partial charge in [0.05, 0.1) is 14.1 Å². The first kappa shape index (κ1) is 24.4. The summed E-state index contributed by atoms with van der Waals surface area (Å²) in [5.74, 6) is -3.39. The Hall–Kier alpha value is -2.92. The van der Waals surface area contributed by atoms with Crippen LogP contribution in [0.4, 0.5) is 14.5 Å². The number of nitrogens with zero attached hydrogens (tertiary/aromatic N) is 1. The predicted octanol–water partition coefficient (Wildman–Crippen LogP) is 2.76. The summed E-state index contributed by atoms with van der Waals surface area (Å²) >= 11 is 1.80. The SMILES string of the molecule is O=C(Oc1ccc([N+](=O)[O-])c(C(=O)OCC(F)(F)S(=O)(=O)O)c1)c1ccc(I)c(O)c1. The Labute approximate surface area is 185 Å². The Morgan fingerprint density at radius 2 is 1.81 bits per heavy atom. The molecule has 0 aromatic heterocycles. The molecule has 0 amide bonds. The van der Waals surface area contributed by atoms with Crippen molar-refractivity contribution < 1.29 is 50.8 Å². The van der Waals surface area contributed by atoms with Gasteiger partial charge < -0.3 is 14.6 Å². The minimum Gasteiger partial charge on any atom is -0.507 e. The molecule has 166 valence electrons. The Morgan fingerprint density at radius 3 is 2.35 bits per heavy atom. The van der Waals surface area contributed by atoms with Crippen molar-refractivity contribution in [3.63, 3.8) is 0 Å². The largest absolute Gasteiger partial charge is 0.507 e. The number of rotatable bonds is 7. The van der Waals surface area contributed by atoms with Crippen molar-refractivity contribution in [2.45, 2.75) is 5.25 Å². The van der Waals surface area contributed by atoms with E-state index in [1.807, 2.05) is 0 Å². The highest BCUT2D eigenvalue weighted by atomic mass is 127. The molecule has 0 saturated carbocycles. The summed E-state index contributed by atoms with van der Waals surface area (Å²) in [6, 6.07) is 6.11. The number of hydrogen-bond donors (Lipinski definition) is 2. The molecule has 0 saturated heterocycles. The van der Waals surface area contributed by atoms with E-state index in [9.17, 15) is 42.0 Å². The molecule has 0 atom stereocenters. The van der Waals surface area contributed by atoms with Gasteiger partial charge in [0.15, 0.2) is 6.61 Å². The topological polar surface area (TPSA) is 170 Å². The third-order valence-corrected chi connectivity index (χ3v) is 5.31. The van der Waals surface area contributed by atoms with Crippen LogP contribution in [0, 0.1) is 13.7 Å². The second-order valence-electron chi connectivity index (χ2n) is 5.68. The highest BCUT2D eigenvalue weighted by Crippen LogP contribution is 2.28. The van der Waals surface area contributed by atoms with E-state index in [2.05, 4.69) is 4.74 Å². The summed E-state index contributed by atoms with van der Waals surface area (Å²) in [5, 5.41) is 15.9. The van der Waals surface area contributed by atoms with Gasteiger partial charge in [-0.3, -0.25) is 14.7 Å². The smallest absolute Gasteiger partial charge is 0.402 e. The van der Waals surface area contributed by atoms with Gasteiger partial charge in [-0.2, -0.15) is 17.2 Å². The Kier molecular flexibility index (Phi) is 7.12. The number of hydrogen-bond acceptors (Lipinski definition) is 9. The Morgan fingerprint density at radius 1 is 1.16 bits per heavy atom. The maximum atomic E-state index is 13.2. The molecule has 2 aromatic rings. The van der Waals surface area contributed by atoms with E-state index in [0.717, 1.165) is 18.2 Å². The van der Waals surface area contributed by atoms with Gasteiger partial charge in [0.25, 0.3) is 5.69 Å². The van der Waals surface area contributed by atoms with Crippen molar-refractivity contribution in [3.8, 4) is 11.5 Å². The van der Waals surface area contributed by atoms with Crippen LogP contribution in [0.1, 0.15) is 20.7 Å². The van der Waals surface area contributed by atoms with Crippen LogP contribution in [-0.4, -0.2) is 46.8 Å². The molecule has 0 heterocycles. The van der Waals surface area contributed by atoms with Crippen LogP contribution < -0.4 is 4.74 Å². The fourth-order valence-electron chi connectivity index (χ4n) is 2.01. The number of nitro groups is 1. The molecule has 15 heteroatoms. The number of alkyl halides is 2. The second kappa shape index (κ2) is 9.06. The zero-order valence-corrected chi connectivity index (χ0v) is 17.8. The zero-order valence-electron chi connectivity index (χ0n) is 14.8. The third-order valence-electron chi connectivity index (χ3n) is 3.53. The van der Waals surface area contributed by atoms with E-state index < -0.39 is 55.8 Å². The predicted molar refractivity (Wildman–Crippen MR) is 106 cm³/mol. The summed E-state index contributed by atoms with van der Waals surface area (Å²) in [6.45, 7) is -2.12. The maximum absolute atomic E-state index is 13.2. The standard InChI is InChI=1S/C16H10F2INO10S/c17-16(18,31(26,27)28)7-29-15(23)10-6-9(2-4-12(10)20(24)25)30-14(22)8-1-3-11(19)13(21)5-8/h1-6,21H,7H2,(H,26,27,28). The molecule has 0 aliphatic heterocycles. The van der Waals surface area contributed by atoms with Gasteiger partial charge in [0, 0.05) is 12.1 Å². The Balaban J connectivity index is 2.29. The van der Waals surface area contributed by atoms with Crippen molar-refractivity contribution in [1.29, 1.82) is 0 Å². The maximum Gasteiger partial charge on any atom is 0.402 e. The Bertz CT molecular complexity index is 1170. The van der Waals surface area contributed by atoms with Gasteiger partial charge in [-0.15, -0.1) is 0 Å². The van der Waals surface area contributed by atoms with Crippen LogP contribution in [0.15, 0.2) is 36.4 Å². The number of nitro benzene ring substituents is 1. The minimum atomic E-state index is -5.90. The molecule has 0 aliphatic rings. The van der Waals surface area contributed by atoms with Crippen molar-refractivity contribution in [2.24, 2.45) is 0 Å². The molecule has 0 spiro atoms. The first-order valence-corrected chi connectivity index (χ1v) is 10.3. The lowest BCUT2D eigenvalue weighted by atomic mass is 10.1. The zero-order chi connectivity index (χ0) is 23.6. The lowest BCUT2D eigenvalue weighted by Gasteiger charge is -2.13. The summed E-state index contributed by atoms with van der Waals surface area (Å²) in [6.07, 6.45) is 0. The molecule has 11 nitrogen and oxygen atoms in total. The van der Waals surface area contributed by atoms with E-state index in [0.29, 0.717) is 9.64 Å². The monoisotopic (exact) mass is 573 g/mol. The lowest BCUT2D eigenvalue weighted by Crippen LogP contribution is -2.34. The number of carbonyl (C=O) groups excluding carboxylic acids is 2. The van der Waals surface area contributed by atoms with Gasteiger partial charge in [-0.05, 0) is 46.9 Å². The number of phenolic OH excluding ortho intramolecular Hbond substituents is 1.